The first-order valence-corrected chi connectivity index (χ1v) is 7.56. The molecule has 5 nitrogen and oxygen atoms in total. The summed E-state index contributed by atoms with van der Waals surface area (Å²) in [7, 11) is 2.02. The standard InChI is InChI=1S/C18H19N3O2/c1-4-21(3)15-8-5-13(6-9-15)18(22)20-14-7-10-16-17(11-14)23-12(2)19-16/h5-11H,4H2,1-3H3,(H,20,22). The van der Waals surface area contributed by atoms with Gasteiger partial charge in [-0.2, -0.15) is 0 Å². The Kier molecular flexibility index (Phi) is 4.02. The molecule has 1 heterocycles. The highest BCUT2D eigenvalue weighted by molar-refractivity contribution is 6.05. The molecule has 23 heavy (non-hydrogen) atoms. The third-order valence-electron chi connectivity index (χ3n) is 3.80. The van der Waals surface area contributed by atoms with Crippen LogP contribution in [0, 0.1) is 6.92 Å². The summed E-state index contributed by atoms with van der Waals surface area (Å²) >= 11 is 0. The Bertz CT molecular complexity index is 837. The third kappa shape index (κ3) is 3.18. The summed E-state index contributed by atoms with van der Waals surface area (Å²) in [6.07, 6.45) is 0. The molecule has 1 N–H and O–H groups in total. The number of nitrogens with one attached hydrogen (secondary N) is 1. The molecule has 2 aromatic carbocycles. The van der Waals surface area contributed by atoms with Gasteiger partial charge in [-0.1, -0.05) is 0 Å². The van der Waals surface area contributed by atoms with Crippen LogP contribution in [0.1, 0.15) is 23.2 Å². The van der Waals surface area contributed by atoms with Crippen LogP contribution in [0.3, 0.4) is 0 Å². The van der Waals surface area contributed by atoms with Crippen LogP contribution >= 0.6 is 0 Å². The molecule has 0 aliphatic heterocycles. The molecule has 0 saturated heterocycles. The first-order valence-electron chi connectivity index (χ1n) is 7.56. The molecule has 0 unspecified atom stereocenters. The van der Waals surface area contributed by atoms with Gasteiger partial charge in [0.15, 0.2) is 11.5 Å². The summed E-state index contributed by atoms with van der Waals surface area (Å²) in [6, 6.07) is 13.0. The van der Waals surface area contributed by atoms with Crippen LogP contribution in [0.15, 0.2) is 46.9 Å². The van der Waals surface area contributed by atoms with Crippen molar-refractivity contribution >= 4 is 28.4 Å². The number of nitrogens with zero attached hydrogens (tertiary/aromatic N) is 2. The van der Waals surface area contributed by atoms with E-state index in [4.69, 9.17) is 4.42 Å². The fourth-order valence-electron chi connectivity index (χ4n) is 2.37. The van der Waals surface area contributed by atoms with Crippen LogP contribution in [0.25, 0.3) is 11.1 Å². The van der Waals surface area contributed by atoms with E-state index in [9.17, 15) is 4.79 Å². The van der Waals surface area contributed by atoms with Crippen LogP contribution in [0.4, 0.5) is 11.4 Å². The summed E-state index contributed by atoms with van der Waals surface area (Å²) in [4.78, 5) is 18.7. The maximum atomic E-state index is 12.3. The molecule has 0 saturated carbocycles. The molecule has 1 aromatic heterocycles. The van der Waals surface area contributed by atoms with E-state index in [1.54, 1.807) is 13.0 Å². The van der Waals surface area contributed by atoms with E-state index in [1.165, 1.54) is 0 Å². The van der Waals surface area contributed by atoms with Gasteiger partial charge in [-0.3, -0.25) is 4.79 Å². The monoisotopic (exact) mass is 309 g/mol. The molecule has 0 radical (unpaired) electrons. The van der Waals surface area contributed by atoms with Gasteiger partial charge in [-0.25, -0.2) is 4.98 Å². The van der Waals surface area contributed by atoms with Gasteiger partial charge in [0, 0.05) is 43.5 Å². The Labute approximate surface area is 134 Å². The second-order valence-electron chi connectivity index (χ2n) is 5.43. The number of anilines is 2. The number of benzene rings is 2. The molecule has 0 fully saturated rings. The van der Waals surface area contributed by atoms with Crippen molar-refractivity contribution < 1.29 is 9.21 Å². The van der Waals surface area contributed by atoms with Gasteiger partial charge in [0.25, 0.3) is 5.91 Å². The van der Waals surface area contributed by atoms with E-state index in [-0.39, 0.29) is 5.91 Å². The zero-order valence-corrected chi connectivity index (χ0v) is 13.5. The first-order chi connectivity index (χ1) is 11.1. The van der Waals surface area contributed by atoms with Crippen molar-refractivity contribution in [2.45, 2.75) is 13.8 Å². The van der Waals surface area contributed by atoms with Crippen molar-refractivity contribution in [2.75, 3.05) is 23.8 Å². The lowest BCUT2D eigenvalue weighted by Gasteiger charge is -2.16. The van der Waals surface area contributed by atoms with Crippen molar-refractivity contribution in [3.8, 4) is 0 Å². The zero-order chi connectivity index (χ0) is 16.4. The highest BCUT2D eigenvalue weighted by Crippen LogP contribution is 2.21. The van der Waals surface area contributed by atoms with Gasteiger partial charge in [0.2, 0.25) is 0 Å². The maximum absolute atomic E-state index is 12.3. The Hall–Kier alpha value is -2.82. The van der Waals surface area contributed by atoms with Gasteiger partial charge < -0.3 is 14.6 Å². The summed E-state index contributed by atoms with van der Waals surface area (Å²) in [6.45, 7) is 4.80. The highest BCUT2D eigenvalue weighted by atomic mass is 16.3. The molecule has 3 aromatic rings. The van der Waals surface area contributed by atoms with Crippen LogP contribution in [0.5, 0.6) is 0 Å². The summed E-state index contributed by atoms with van der Waals surface area (Å²) in [5.41, 5.74) is 3.84. The van der Waals surface area contributed by atoms with Crippen molar-refractivity contribution in [1.82, 2.24) is 4.98 Å². The minimum absolute atomic E-state index is 0.147. The normalized spacial score (nSPS) is 10.7. The van der Waals surface area contributed by atoms with Crippen molar-refractivity contribution in [1.29, 1.82) is 0 Å². The second-order valence-corrected chi connectivity index (χ2v) is 5.43. The second kappa shape index (κ2) is 6.12. The van der Waals surface area contributed by atoms with Gasteiger partial charge in [0.1, 0.15) is 5.52 Å². The van der Waals surface area contributed by atoms with E-state index < -0.39 is 0 Å². The SMILES string of the molecule is CCN(C)c1ccc(C(=O)Nc2ccc3nc(C)oc3c2)cc1. The third-order valence-corrected chi connectivity index (χ3v) is 3.80. The summed E-state index contributed by atoms with van der Waals surface area (Å²) < 4.78 is 5.48. The van der Waals surface area contributed by atoms with Gasteiger partial charge in [0.05, 0.1) is 0 Å². The number of fused-ring (bicyclic) bond motifs is 1. The Balaban J connectivity index is 1.77. The lowest BCUT2D eigenvalue weighted by molar-refractivity contribution is 0.102. The number of amides is 1. The van der Waals surface area contributed by atoms with Crippen LogP contribution in [-0.4, -0.2) is 24.5 Å². The van der Waals surface area contributed by atoms with E-state index in [0.717, 1.165) is 17.7 Å². The van der Waals surface area contributed by atoms with Gasteiger partial charge >= 0.3 is 0 Å². The molecule has 1 amide bonds. The van der Waals surface area contributed by atoms with Gasteiger partial charge in [-0.05, 0) is 43.3 Å². The fraction of sp³-hybridized carbons (Fsp3) is 0.222. The number of hydrogen-bond acceptors (Lipinski definition) is 4. The molecule has 0 aliphatic rings. The zero-order valence-electron chi connectivity index (χ0n) is 13.5. The maximum Gasteiger partial charge on any atom is 0.255 e. The molecule has 0 bridgehead atoms. The molecule has 5 heteroatoms. The topological polar surface area (TPSA) is 58.4 Å². The highest BCUT2D eigenvalue weighted by Gasteiger charge is 2.09. The number of hydrogen-bond donors (Lipinski definition) is 1. The van der Waals surface area contributed by atoms with E-state index in [1.807, 2.05) is 43.4 Å². The molecule has 3 rings (SSSR count). The number of oxazole rings is 1. The number of rotatable bonds is 4. The van der Waals surface area contributed by atoms with Crippen LogP contribution in [-0.2, 0) is 0 Å². The molecule has 118 valence electrons. The number of carbonyl (C=O) groups is 1. The minimum atomic E-state index is -0.147. The van der Waals surface area contributed by atoms with Gasteiger partial charge in [-0.15, -0.1) is 0 Å². The Morgan fingerprint density at radius 3 is 2.65 bits per heavy atom. The van der Waals surface area contributed by atoms with E-state index >= 15 is 0 Å². The quantitative estimate of drug-likeness (QED) is 0.795. The predicted molar refractivity (Wildman–Crippen MR) is 92.1 cm³/mol. The van der Waals surface area contributed by atoms with E-state index in [0.29, 0.717) is 22.7 Å². The largest absolute Gasteiger partial charge is 0.441 e. The van der Waals surface area contributed by atoms with E-state index in [2.05, 4.69) is 22.1 Å². The minimum Gasteiger partial charge on any atom is -0.441 e. The fourth-order valence-corrected chi connectivity index (χ4v) is 2.37. The van der Waals surface area contributed by atoms with Crippen LogP contribution in [0.2, 0.25) is 0 Å². The smallest absolute Gasteiger partial charge is 0.255 e. The predicted octanol–water partition coefficient (Wildman–Crippen LogP) is 3.84. The first kappa shape index (κ1) is 15.1. The van der Waals surface area contributed by atoms with Crippen molar-refractivity contribution in [3.63, 3.8) is 0 Å². The Morgan fingerprint density at radius 1 is 1.22 bits per heavy atom. The molecular formula is C18H19N3O2. The Morgan fingerprint density at radius 2 is 1.96 bits per heavy atom. The van der Waals surface area contributed by atoms with Crippen LogP contribution < -0.4 is 10.2 Å². The summed E-state index contributed by atoms with van der Waals surface area (Å²) in [5.74, 6) is 0.463. The van der Waals surface area contributed by atoms with Crippen molar-refractivity contribution in [2.24, 2.45) is 0 Å². The molecule has 0 aliphatic carbocycles. The molecular weight excluding hydrogens is 290 g/mol. The lowest BCUT2D eigenvalue weighted by Crippen LogP contribution is -2.16. The summed E-state index contributed by atoms with van der Waals surface area (Å²) in [5, 5.41) is 2.88. The number of carbonyl (C=O) groups excluding carboxylic acids is 1. The average molecular weight is 309 g/mol. The van der Waals surface area contributed by atoms with Crippen molar-refractivity contribution in [3.05, 3.63) is 53.9 Å². The molecule has 0 atom stereocenters. The molecule has 0 spiro atoms. The average Bonchev–Trinajstić information content (AvgIpc) is 2.93. The lowest BCUT2D eigenvalue weighted by atomic mass is 10.1. The number of aryl methyl sites for hydroxylation is 1. The number of aromatic nitrogens is 1.